The van der Waals surface area contributed by atoms with Gasteiger partial charge in [0.15, 0.2) is 11.6 Å². The summed E-state index contributed by atoms with van der Waals surface area (Å²) in [4.78, 5) is 27.1. The molecule has 0 aliphatic rings. The minimum absolute atomic E-state index is 0.0384. The molecule has 0 aliphatic carbocycles. The maximum atomic E-state index is 13.6. The van der Waals surface area contributed by atoms with Gasteiger partial charge >= 0.3 is 0 Å². The van der Waals surface area contributed by atoms with Crippen LogP contribution in [-0.4, -0.2) is 16.7 Å². The van der Waals surface area contributed by atoms with Gasteiger partial charge in [0.2, 0.25) is 0 Å². The number of para-hydroxylation sites is 1. The average molecular weight is 429 g/mol. The Labute approximate surface area is 191 Å². The topological polar surface area (TPSA) is 54.4 Å². The van der Waals surface area contributed by atoms with Crippen molar-refractivity contribution in [2.45, 2.75) is 58.3 Å². The minimum atomic E-state index is -1.11. The van der Waals surface area contributed by atoms with Crippen LogP contribution < -0.4 is 0 Å². The number of benzene rings is 3. The predicted molar refractivity (Wildman–Crippen MR) is 130 cm³/mol. The number of hydrogen-bond donors (Lipinski definition) is 1. The molecule has 0 unspecified atom stereocenters. The highest BCUT2D eigenvalue weighted by Gasteiger charge is 2.32. The van der Waals surface area contributed by atoms with Gasteiger partial charge in [0, 0.05) is 16.7 Å². The number of carbonyl (C=O) groups excluding carboxylic acids is 2. The van der Waals surface area contributed by atoms with Crippen molar-refractivity contribution in [1.29, 1.82) is 0 Å². The van der Waals surface area contributed by atoms with Crippen LogP contribution in [0.1, 0.15) is 84.9 Å². The Bertz CT molecular complexity index is 1040. The molecule has 0 aromatic heterocycles. The molecule has 3 aromatic carbocycles. The van der Waals surface area contributed by atoms with Gasteiger partial charge in [-0.15, -0.1) is 0 Å². The van der Waals surface area contributed by atoms with E-state index in [0.29, 0.717) is 16.7 Å². The second kappa shape index (κ2) is 8.74. The summed E-state index contributed by atoms with van der Waals surface area (Å²) in [6.45, 7) is 12.7. The number of Topliss-reactive ketones (excluding diaryl/α,β-unsaturated/α-hetero) is 2. The normalized spacial score (nSPS) is 12.1. The molecule has 0 atom stereocenters. The molecule has 32 heavy (non-hydrogen) atoms. The molecule has 1 N–H and O–H groups in total. The predicted octanol–water partition coefficient (Wildman–Crippen LogP) is 6.84. The molecule has 0 saturated heterocycles. The Morgan fingerprint density at radius 3 is 1.34 bits per heavy atom. The zero-order chi connectivity index (χ0) is 23.7. The van der Waals surface area contributed by atoms with E-state index in [2.05, 4.69) is 41.5 Å². The number of rotatable bonds is 5. The van der Waals surface area contributed by atoms with E-state index >= 15 is 0 Å². The Morgan fingerprint density at radius 2 is 1.00 bits per heavy atom. The monoisotopic (exact) mass is 428 g/mol. The lowest BCUT2D eigenvalue weighted by Gasteiger charge is -2.21. The van der Waals surface area contributed by atoms with Crippen LogP contribution in [0.3, 0.4) is 0 Å². The van der Waals surface area contributed by atoms with Crippen molar-refractivity contribution in [3.05, 3.63) is 101 Å². The second-order valence-electron chi connectivity index (χ2n) is 10.4. The van der Waals surface area contributed by atoms with Crippen LogP contribution in [0.25, 0.3) is 0 Å². The van der Waals surface area contributed by atoms with Crippen LogP contribution >= 0.6 is 0 Å². The lowest BCUT2D eigenvalue weighted by atomic mass is 9.81. The zero-order valence-corrected chi connectivity index (χ0v) is 19.8. The van der Waals surface area contributed by atoms with Crippen LogP contribution in [0.5, 0.6) is 5.75 Å². The van der Waals surface area contributed by atoms with Crippen molar-refractivity contribution in [1.82, 2.24) is 0 Å². The second-order valence-corrected chi connectivity index (χ2v) is 10.4. The summed E-state index contributed by atoms with van der Waals surface area (Å²) in [6, 6.07) is 21.4. The molecule has 0 heterocycles. The fourth-order valence-electron chi connectivity index (χ4n) is 3.74. The van der Waals surface area contributed by atoms with E-state index in [-0.39, 0.29) is 28.1 Å². The summed E-state index contributed by atoms with van der Waals surface area (Å²) < 4.78 is 0. The lowest BCUT2D eigenvalue weighted by Crippen LogP contribution is -2.23. The molecule has 3 heteroatoms. The maximum absolute atomic E-state index is 13.6. The van der Waals surface area contributed by atoms with Crippen molar-refractivity contribution < 1.29 is 14.7 Å². The first-order valence-electron chi connectivity index (χ1n) is 11.0. The number of hydrogen-bond acceptors (Lipinski definition) is 3. The van der Waals surface area contributed by atoms with Gasteiger partial charge in [-0.3, -0.25) is 9.59 Å². The van der Waals surface area contributed by atoms with Crippen LogP contribution in [0.15, 0.2) is 72.8 Å². The fourth-order valence-corrected chi connectivity index (χ4v) is 3.74. The summed E-state index contributed by atoms with van der Waals surface area (Å²) in [6.07, 6.45) is 0. The molecular formula is C29H32O3. The first kappa shape index (κ1) is 23.5. The summed E-state index contributed by atoms with van der Waals surface area (Å²) in [5.41, 5.74) is 3.36. The van der Waals surface area contributed by atoms with Gasteiger partial charge in [0.25, 0.3) is 0 Å². The minimum Gasteiger partial charge on any atom is -0.508 e. The first-order valence-corrected chi connectivity index (χ1v) is 11.0. The molecule has 0 aliphatic heterocycles. The third-order valence-corrected chi connectivity index (χ3v) is 5.84. The van der Waals surface area contributed by atoms with Crippen LogP contribution in [0, 0.1) is 0 Å². The Hall–Kier alpha value is -3.20. The highest BCUT2D eigenvalue weighted by Crippen LogP contribution is 2.33. The van der Waals surface area contributed by atoms with E-state index in [1.165, 1.54) is 6.07 Å². The highest BCUT2D eigenvalue weighted by molar-refractivity contribution is 6.20. The summed E-state index contributed by atoms with van der Waals surface area (Å²) in [5, 5.41) is 10.5. The molecule has 0 spiro atoms. The van der Waals surface area contributed by atoms with Crippen molar-refractivity contribution in [2.75, 3.05) is 0 Å². The quantitative estimate of drug-likeness (QED) is 0.358. The molecule has 166 valence electrons. The van der Waals surface area contributed by atoms with E-state index in [0.717, 1.165) is 11.1 Å². The first-order chi connectivity index (χ1) is 14.9. The van der Waals surface area contributed by atoms with Gasteiger partial charge in [0.1, 0.15) is 11.7 Å². The van der Waals surface area contributed by atoms with Crippen LogP contribution in [-0.2, 0) is 10.8 Å². The largest absolute Gasteiger partial charge is 0.508 e. The number of ketones is 2. The van der Waals surface area contributed by atoms with Crippen LogP contribution in [0.2, 0.25) is 0 Å². The number of aromatic hydroxyl groups is 1. The van der Waals surface area contributed by atoms with E-state index in [1.54, 1.807) is 42.5 Å². The van der Waals surface area contributed by atoms with E-state index in [9.17, 15) is 14.7 Å². The van der Waals surface area contributed by atoms with Crippen molar-refractivity contribution in [2.24, 2.45) is 0 Å². The third kappa shape index (κ3) is 4.99. The van der Waals surface area contributed by atoms with Crippen molar-refractivity contribution in [3.63, 3.8) is 0 Å². The molecule has 3 aromatic rings. The fraction of sp³-hybridized carbons (Fsp3) is 0.310. The number of phenolic OH excluding ortho intramolecular Hbond substituents is 1. The van der Waals surface area contributed by atoms with E-state index in [4.69, 9.17) is 0 Å². The molecule has 0 fully saturated rings. The maximum Gasteiger partial charge on any atom is 0.178 e. The van der Waals surface area contributed by atoms with Crippen molar-refractivity contribution >= 4 is 11.6 Å². The lowest BCUT2D eigenvalue weighted by molar-refractivity contribution is 0.0858. The Kier molecular flexibility index (Phi) is 6.41. The van der Waals surface area contributed by atoms with Gasteiger partial charge < -0.3 is 5.11 Å². The Morgan fingerprint density at radius 1 is 0.625 bits per heavy atom. The molecule has 3 rings (SSSR count). The SMILES string of the molecule is CC(C)(C)c1ccc(C(=O)C(C(=O)c2ccc(C(C)(C)C)cc2)c2ccccc2O)cc1. The highest BCUT2D eigenvalue weighted by atomic mass is 16.3. The molecule has 0 radical (unpaired) electrons. The average Bonchev–Trinajstić information content (AvgIpc) is 2.74. The van der Waals surface area contributed by atoms with Gasteiger partial charge in [-0.1, -0.05) is 108 Å². The molecule has 3 nitrogen and oxygen atoms in total. The van der Waals surface area contributed by atoms with Gasteiger partial charge in [0.05, 0.1) is 0 Å². The Balaban J connectivity index is 2.04. The van der Waals surface area contributed by atoms with Gasteiger partial charge in [-0.05, 0) is 28.0 Å². The third-order valence-electron chi connectivity index (χ3n) is 5.84. The van der Waals surface area contributed by atoms with E-state index < -0.39 is 5.92 Å². The van der Waals surface area contributed by atoms with Crippen LogP contribution in [0.4, 0.5) is 0 Å². The number of phenols is 1. The summed E-state index contributed by atoms with van der Waals surface area (Å²) >= 11 is 0. The smallest absolute Gasteiger partial charge is 0.178 e. The molecule has 0 saturated carbocycles. The zero-order valence-electron chi connectivity index (χ0n) is 19.8. The molecule has 0 bridgehead atoms. The summed E-state index contributed by atoms with van der Waals surface area (Å²) in [7, 11) is 0. The van der Waals surface area contributed by atoms with Gasteiger partial charge in [-0.25, -0.2) is 0 Å². The molecule has 0 amide bonds. The number of carbonyl (C=O) groups is 2. The standard InChI is InChI=1S/C29H32O3/c1-28(2,3)21-15-11-19(12-16-21)26(31)25(23-9-7-8-10-24(23)30)27(32)20-13-17-22(18-14-20)29(4,5)6/h7-18,25,30H,1-6H3. The summed E-state index contributed by atoms with van der Waals surface area (Å²) in [5.74, 6) is -1.82. The van der Waals surface area contributed by atoms with Crippen molar-refractivity contribution in [3.8, 4) is 5.75 Å². The van der Waals surface area contributed by atoms with E-state index in [1.807, 2.05) is 24.3 Å². The van der Waals surface area contributed by atoms with Gasteiger partial charge in [-0.2, -0.15) is 0 Å². The molecular weight excluding hydrogens is 396 g/mol.